The third-order valence-corrected chi connectivity index (χ3v) is 4.31. The summed E-state index contributed by atoms with van der Waals surface area (Å²) in [5.41, 5.74) is 0.723. The van der Waals surface area contributed by atoms with Gasteiger partial charge in [0.1, 0.15) is 5.82 Å². The first-order chi connectivity index (χ1) is 9.24. The minimum atomic E-state index is -0.162. The molecule has 1 nitrogen and oxygen atoms in total. The van der Waals surface area contributed by atoms with Gasteiger partial charge in [0.05, 0.1) is 0 Å². The predicted molar refractivity (Wildman–Crippen MR) is 85.8 cm³/mol. The molecular formula is C17H27ClFN. The molecular weight excluding hydrogens is 273 g/mol. The molecule has 0 aliphatic heterocycles. The zero-order chi connectivity index (χ0) is 15.3. The van der Waals surface area contributed by atoms with Crippen molar-refractivity contribution in [3.8, 4) is 0 Å². The SMILES string of the molecule is CC(C)CNCC(C)(Cc1cc(Cl)ccc1F)C(C)C. The molecule has 3 heteroatoms. The van der Waals surface area contributed by atoms with Crippen molar-refractivity contribution in [2.24, 2.45) is 17.3 Å². The van der Waals surface area contributed by atoms with Gasteiger partial charge in [0.15, 0.2) is 0 Å². The highest BCUT2D eigenvalue weighted by molar-refractivity contribution is 6.30. The van der Waals surface area contributed by atoms with E-state index in [9.17, 15) is 4.39 Å². The summed E-state index contributed by atoms with van der Waals surface area (Å²) in [6, 6.07) is 4.81. The molecule has 0 bridgehead atoms. The molecule has 1 N–H and O–H groups in total. The van der Waals surface area contributed by atoms with Crippen molar-refractivity contribution in [1.82, 2.24) is 5.32 Å². The number of hydrogen-bond acceptors (Lipinski definition) is 1. The molecule has 1 atom stereocenters. The van der Waals surface area contributed by atoms with Crippen LogP contribution in [0.15, 0.2) is 18.2 Å². The summed E-state index contributed by atoms with van der Waals surface area (Å²) >= 11 is 5.99. The molecule has 20 heavy (non-hydrogen) atoms. The summed E-state index contributed by atoms with van der Waals surface area (Å²) < 4.78 is 13.9. The third kappa shape index (κ3) is 5.06. The smallest absolute Gasteiger partial charge is 0.126 e. The van der Waals surface area contributed by atoms with E-state index in [2.05, 4.69) is 39.9 Å². The van der Waals surface area contributed by atoms with Gasteiger partial charge in [0.25, 0.3) is 0 Å². The molecule has 0 aromatic heterocycles. The fourth-order valence-corrected chi connectivity index (χ4v) is 2.43. The fraction of sp³-hybridized carbons (Fsp3) is 0.647. The van der Waals surface area contributed by atoms with Crippen LogP contribution in [0, 0.1) is 23.1 Å². The Labute approximate surface area is 127 Å². The highest BCUT2D eigenvalue weighted by Gasteiger charge is 2.29. The molecule has 1 aromatic carbocycles. The number of hydrogen-bond donors (Lipinski definition) is 1. The monoisotopic (exact) mass is 299 g/mol. The average molecular weight is 300 g/mol. The van der Waals surface area contributed by atoms with Gasteiger partial charge in [-0.1, -0.05) is 46.2 Å². The van der Waals surface area contributed by atoms with Crippen LogP contribution in [0.2, 0.25) is 5.02 Å². The zero-order valence-corrected chi connectivity index (χ0v) is 14.0. The maximum Gasteiger partial charge on any atom is 0.126 e. The van der Waals surface area contributed by atoms with Gasteiger partial charge >= 0.3 is 0 Å². The molecule has 0 spiro atoms. The van der Waals surface area contributed by atoms with E-state index in [0.29, 0.717) is 28.8 Å². The maximum absolute atomic E-state index is 13.9. The molecule has 0 amide bonds. The number of benzene rings is 1. The Hall–Kier alpha value is -0.600. The van der Waals surface area contributed by atoms with Crippen LogP contribution in [0.3, 0.4) is 0 Å². The molecule has 0 aliphatic rings. The lowest BCUT2D eigenvalue weighted by Crippen LogP contribution is -2.39. The second-order valence-corrected chi connectivity index (χ2v) is 7.18. The Morgan fingerprint density at radius 1 is 1.25 bits per heavy atom. The van der Waals surface area contributed by atoms with Crippen LogP contribution >= 0.6 is 11.6 Å². The molecule has 1 aromatic rings. The van der Waals surface area contributed by atoms with Gasteiger partial charge in [-0.2, -0.15) is 0 Å². The minimum absolute atomic E-state index is 0.0143. The number of nitrogens with one attached hydrogen (secondary N) is 1. The Bertz CT molecular complexity index is 431. The minimum Gasteiger partial charge on any atom is -0.316 e. The number of halogens is 2. The summed E-state index contributed by atoms with van der Waals surface area (Å²) in [6.45, 7) is 12.9. The summed E-state index contributed by atoms with van der Waals surface area (Å²) in [6.07, 6.45) is 0.697. The van der Waals surface area contributed by atoms with Crippen molar-refractivity contribution in [3.05, 3.63) is 34.6 Å². The van der Waals surface area contributed by atoms with Crippen LogP contribution < -0.4 is 5.32 Å². The highest BCUT2D eigenvalue weighted by Crippen LogP contribution is 2.32. The molecule has 1 unspecified atom stereocenters. The van der Waals surface area contributed by atoms with E-state index in [-0.39, 0.29) is 11.2 Å². The van der Waals surface area contributed by atoms with Crippen molar-refractivity contribution >= 4 is 11.6 Å². The first-order valence-corrected chi connectivity index (χ1v) is 7.77. The van der Waals surface area contributed by atoms with Crippen molar-refractivity contribution in [1.29, 1.82) is 0 Å². The van der Waals surface area contributed by atoms with Gasteiger partial charge in [0, 0.05) is 11.6 Å². The van der Waals surface area contributed by atoms with E-state index in [1.54, 1.807) is 12.1 Å². The normalized spacial score (nSPS) is 14.8. The lowest BCUT2D eigenvalue weighted by Gasteiger charge is -2.35. The molecule has 0 saturated carbocycles. The van der Waals surface area contributed by atoms with Crippen LogP contribution in [0.1, 0.15) is 40.2 Å². The molecule has 0 radical (unpaired) electrons. The molecule has 0 saturated heterocycles. The van der Waals surface area contributed by atoms with Gasteiger partial charge in [-0.15, -0.1) is 0 Å². The lowest BCUT2D eigenvalue weighted by molar-refractivity contribution is 0.203. The first-order valence-electron chi connectivity index (χ1n) is 7.39. The molecule has 0 aliphatic carbocycles. The second kappa shape index (κ2) is 7.42. The second-order valence-electron chi connectivity index (χ2n) is 6.75. The van der Waals surface area contributed by atoms with E-state index in [1.807, 2.05) is 0 Å². The van der Waals surface area contributed by atoms with Crippen LogP contribution in [0.4, 0.5) is 4.39 Å². The van der Waals surface area contributed by atoms with Gasteiger partial charge in [-0.25, -0.2) is 4.39 Å². The van der Waals surface area contributed by atoms with Crippen molar-refractivity contribution in [3.63, 3.8) is 0 Å². The maximum atomic E-state index is 13.9. The Morgan fingerprint density at radius 2 is 1.90 bits per heavy atom. The largest absolute Gasteiger partial charge is 0.316 e. The molecule has 1 rings (SSSR count). The predicted octanol–water partition coefficient (Wildman–Crippen LogP) is 4.93. The molecule has 0 fully saturated rings. The van der Waals surface area contributed by atoms with Crippen LogP contribution in [-0.2, 0) is 6.42 Å². The Kier molecular flexibility index (Phi) is 6.47. The van der Waals surface area contributed by atoms with Crippen molar-refractivity contribution in [2.75, 3.05) is 13.1 Å². The fourth-order valence-electron chi connectivity index (χ4n) is 2.23. The molecule has 114 valence electrons. The molecule has 0 heterocycles. The van der Waals surface area contributed by atoms with Crippen LogP contribution in [0.5, 0.6) is 0 Å². The number of rotatable bonds is 7. The van der Waals surface area contributed by atoms with Crippen molar-refractivity contribution in [2.45, 2.75) is 41.0 Å². The standard InChI is InChI=1S/C17H27ClFN/c1-12(2)10-20-11-17(5,13(3)4)9-14-8-15(18)6-7-16(14)19/h6-8,12-13,20H,9-11H2,1-5H3. The Balaban J connectivity index is 2.82. The average Bonchev–Trinajstić information content (AvgIpc) is 2.33. The van der Waals surface area contributed by atoms with Gasteiger partial charge < -0.3 is 5.32 Å². The highest BCUT2D eigenvalue weighted by atomic mass is 35.5. The van der Waals surface area contributed by atoms with E-state index >= 15 is 0 Å². The van der Waals surface area contributed by atoms with E-state index in [0.717, 1.165) is 13.1 Å². The first kappa shape index (κ1) is 17.5. The zero-order valence-electron chi connectivity index (χ0n) is 13.3. The van der Waals surface area contributed by atoms with Gasteiger partial charge in [-0.3, -0.25) is 0 Å². The summed E-state index contributed by atoms with van der Waals surface area (Å²) in [5.74, 6) is 0.917. The van der Waals surface area contributed by atoms with E-state index in [1.165, 1.54) is 6.07 Å². The van der Waals surface area contributed by atoms with Crippen LogP contribution in [0.25, 0.3) is 0 Å². The van der Waals surface area contributed by atoms with Crippen LogP contribution in [-0.4, -0.2) is 13.1 Å². The summed E-state index contributed by atoms with van der Waals surface area (Å²) in [4.78, 5) is 0. The van der Waals surface area contributed by atoms with Gasteiger partial charge in [0.2, 0.25) is 0 Å². The van der Waals surface area contributed by atoms with E-state index in [4.69, 9.17) is 11.6 Å². The lowest BCUT2D eigenvalue weighted by atomic mass is 9.74. The van der Waals surface area contributed by atoms with E-state index < -0.39 is 0 Å². The topological polar surface area (TPSA) is 12.0 Å². The third-order valence-electron chi connectivity index (χ3n) is 4.08. The quantitative estimate of drug-likeness (QED) is 0.753. The summed E-state index contributed by atoms with van der Waals surface area (Å²) in [5, 5.41) is 4.11. The summed E-state index contributed by atoms with van der Waals surface area (Å²) in [7, 11) is 0. The van der Waals surface area contributed by atoms with Gasteiger partial charge in [-0.05, 0) is 54.0 Å². The Morgan fingerprint density at radius 3 is 2.45 bits per heavy atom. The van der Waals surface area contributed by atoms with Crippen molar-refractivity contribution < 1.29 is 4.39 Å².